The highest BCUT2D eigenvalue weighted by atomic mass is 16.6. The molecule has 0 unspecified atom stereocenters. The number of carbonyl (C=O) groups is 2. The van der Waals surface area contributed by atoms with E-state index >= 15 is 0 Å². The van der Waals surface area contributed by atoms with Gasteiger partial charge in [-0.05, 0) is 40.0 Å². The quantitative estimate of drug-likeness (QED) is 0.907. The van der Waals surface area contributed by atoms with E-state index in [-0.39, 0.29) is 5.69 Å². The predicted octanol–water partition coefficient (Wildman–Crippen LogP) is 2.60. The Hall–Kier alpha value is -2.05. The van der Waals surface area contributed by atoms with Crippen LogP contribution >= 0.6 is 0 Å². The molecule has 3 rings (SSSR count). The Kier molecular flexibility index (Phi) is 3.38. The molecule has 1 fully saturated rings. The monoisotopic (exact) mass is 307 g/mol. The lowest BCUT2D eigenvalue weighted by Gasteiger charge is -2.31. The molecule has 7 heteroatoms. The SMILES string of the molecule is CC(C)(C)OC(=O)N1CCCn2c(C3CC3)nc(C(=O)O)c21. The number of ether oxygens (including phenoxy) is 1. The van der Waals surface area contributed by atoms with Crippen molar-refractivity contribution in [2.75, 3.05) is 11.4 Å². The Balaban J connectivity index is 2.01. The van der Waals surface area contributed by atoms with Gasteiger partial charge in [0.25, 0.3) is 0 Å². The molecule has 1 aliphatic heterocycles. The molecule has 1 aliphatic carbocycles. The maximum Gasteiger partial charge on any atom is 0.416 e. The normalized spacial score (nSPS) is 18.0. The molecule has 22 heavy (non-hydrogen) atoms. The number of anilines is 1. The molecular weight excluding hydrogens is 286 g/mol. The van der Waals surface area contributed by atoms with Gasteiger partial charge in [0.15, 0.2) is 11.5 Å². The highest BCUT2D eigenvalue weighted by Crippen LogP contribution is 2.42. The van der Waals surface area contributed by atoms with E-state index in [4.69, 9.17) is 4.74 Å². The van der Waals surface area contributed by atoms with Gasteiger partial charge >= 0.3 is 12.1 Å². The van der Waals surface area contributed by atoms with Gasteiger partial charge in [0.1, 0.15) is 11.4 Å². The van der Waals surface area contributed by atoms with Crippen molar-refractivity contribution in [1.82, 2.24) is 9.55 Å². The van der Waals surface area contributed by atoms with Crippen LogP contribution in [0.1, 0.15) is 62.3 Å². The minimum absolute atomic E-state index is 0.0486. The molecule has 1 amide bonds. The third-order valence-electron chi connectivity index (χ3n) is 3.75. The molecule has 2 heterocycles. The number of carboxylic acid groups (broad SMARTS) is 1. The van der Waals surface area contributed by atoms with Crippen LogP contribution in [0.5, 0.6) is 0 Å². The smallest absolute Gasteiger partial charge is 0.416 e. The molecule has 2 aliphatic rings. The summed E-state index contributed by atoms with van der Waals surface area (Å²) in [5.74, 6) is 0.382. The van der Waals surface area contributed by atoms with E-state index < -0.39 is 17.7 Å². The van der Waals surface area contributed by atoms with Crippen molar-refractivity contribution in [2.45, 2.75) is 58.1 Å². The second kappa shape index (κ2) is 5.00. The van der Waals surface area contributed by atoms with Gasteiger partial charge in [0.05, 0.1) is 0 Å². The molecule has 1 N–H and O–H groups in total. The molecule has 0 saturated heterocycles. The fourth-order valence-electron chi connectivity index (χ4n) is 2.74. The summed E-state index contributed by atoms with van der Waals surface area (Å²) < 4.78 is 7.29. The Morgan fingerprint density at radius 3 is 2.50 bits per heavy atom. The van der Waals surface area contributed by atoms with Gasteiger partial charge < -0.3 is 14.4 Å². The zero-order valence-electron chi connectivity index (χ0n) is 13.1. The largest absolute Gasteiger partial charge is 0.476 e. The summed E-state index contributed by atoms with van der Waals surface area (Å²) in [6, 6.07) is 0. The van der Waals surface area contributed by atoms with Crippen LogP contribution < -0.4 is 4.90 Å². The second-order valence-electron chi connectivity index (χ2n) is 6.86. The maximum atomic E-state index is 12.4. The summed E-state index contributed by atoms with van der Waals surface area (Å²) in [5, 5.41) is 9.43. The van der Waals surface area contributed by atoms with E-state index in [2.05, 4.69) is 4.98 Å². The minimum atomic E-state index is -1.11. The molecule has 1 aromatic heterocycles. The standard InChI is InChI=1S/C15H21N3O4/c1-15(2,3)22-14(21)18-8-4-7-17-11(9-5-6-9)16-10(12(17)18)13(19)20/h9H,4-8H2,1-3H3,(H,19,20). The van der Waals surface area contributed by atoms with Gasteiger partial charge in [0, 0.05) is 19.0 Å². The Bertz CT molecular complexity index is 625. The molecule has 7 nitrogen and oxygen atoms in total. The van der Waals surface area contributed by atoms with E-state index in [1.54, 1.807) is 20.8 Å². The zero-order valence-corrected chi connectivity index (χ0v) is 13.1. The number of carboxylic acids is 1. The number of hydrogen-bond acceptors (Lipinski definition) is 4. The molecule has 120 valence electrons. The highest BCUT2D eigenvalue weighted by molar-refractivity contribution is 5.98. The van der Waals surface area contributed by atoms with Crippen LogP contribution in [-0.2, 0) is 11.3 Å². The van der Waals surface area contributed by atoms with Crippen LogP contribution in [0, 0.1) is 0 Å². The number of carbonyl (C=O) groups excluding carboxylic acids is 1. The van der Waals surface area contributed by atoms with Gasteiger partial charge in [-0.3, -0.25) is 4.90 Å². The van der Waals surface area contributed by atoms with E-state index in [9.17, 15) is 14.7 Å². The number of fused-ring (bicyclic) bond motifs is 1. The lowest BCUT2D eigenvalue weighted by Crippen LogP contribution is -2.42. The van der Waals surface area contributed by atoms with Crippen LogP contribution in [0.3, 0.4) is 0 Å². The number of hydrogen-bond donors (Lipinski definition) is 1. The lowest BCUT2D eigenvalue weighted by molar-refractivity contribution is 0.0573. The van der Waals surface area contributed by atoms with Gasteiger partial charge in [-0.15, -0.1) is 0 Å². The topological polar surface area (TPSA) is 84.7 Å². The van der Waals surface area contributed by atoms with E-state index in [1.165, 1.54) is 4.90 Å². The summed E-state index contributed by atoms with van der Waals surface area (Å²) in [5.41, 5.74) is -0.672. The third kappa shape index (κ3) is 2.67. The summed E-state index contributed by atoms with van der Waals surface area (Å²) in [6.45, 7) is 6.52. The number of aromatic nitrogens is 2. The summed E-state index contributed by atoms with van der Waals surface area (Å²) in [7, 11) is 0. The van der Waals surface area contributed by atoms with Crippen molar-refractivity contribution in [1.29, 1.82) is 0 Å². The molecule has 0 spiro atoms. The Morgan fingerprint density at radius 1 is 1.27 bits per heavy atom. The average molecular weight is 307 g/mol. The first-order chi connectivity index (χ1) is 10.3. The van der Waals surface area contributed by atoms with Crippen molar-refractivity contribution in [2.24, 2.45) is 0 Å². The van der Waals surface area contributed by atoms with Crippen molar-refractivity contribution in [3.8, 4) is 0 Å². The molecule has 0 bridgehead atoms. The van der Waals surface area contributed by atoms with Crippen LogP contribution in [0.2, 0.25) is 0 Å². The Labute approximate surface area is 128 Å². The second-order valence-corrected chi connectivity index (χ2v) is 6.86. The lowest BCUT2D eigenvalue weighted by atomic mass is 10.2. The van der Waals surface area contributed by atoms with E-state index in [0.717, 1.165) is 25.1 Å². The molecule has 0 atom stereocenters. The summed E-state index contributed by atoms with van der Waals surface area (Å²) in [4.78, 5) is 29.7. The maximum absolute atomic E-state index is 12.4. The van der Waals surface area contributed by atoms with Crippen molar-refractivity contribution in [3.05, 3.63) is 11.5 Å². The van der Waals surface area contributed by atoms with Crippen LogP contribution in [-0.4, -0.2) is 38.9 Å². The number of imidazole rings is 1. The zero-order chi connectivity index (χ0) is 16.1. The van der Waals surface area contributed by atoms with Crippen molar-refractivity contribution in [3.63, 3.8) is 0 Å². The minimum Gasteiger partial charge on any atom is -0.476 e. The molecule has 1 aromatic rings. The van der Waals surface area contributed by atoms with E-state index in [0.29, 0.717) is 24.8 Å². The predicted molar refractivity (Wildman–Crippen MR) is 79.4 cm³/mol. The first kappa shape index (κ1) is 14.9. The van der Waals surface area contributed by atoms with Crippen LogP contribution in [0.4, 0.5) is 10.6 Å². The number of amides is 1. The molecule has 1 saturated carbocycles. The molecule has 0 radical (unpaired) electrons. The van der Waals surface area contributed by atoms with Gasteiger partial charge in [-0.2, -0.15) is 0 Å². The van der Waals surface area contributed by atoms with Gasteiger partial charge in [-0.1, -0.05) is 0 Å². The van der Waals surface area contributed by atoms with Gasteiger partial charge in [0.2, 0.25) is 0 Å². The summed E-state index contributed by atoms with van der Waals surface area (Å²) in [6.07, 6.45) is 2.31. The number of aromatic carboxylic acids is 1. The fraction of sp³-hybridized carbons (Fsp3) is 0.667. The van der Waals surface area contributed by atoms with Crippen LogP contribution in [0.25, 0.3) is 0 Å². The Morgan fingerprint density at radius 2 is 1.95 bits per heavy atom. The highest BCUT2D eigenvalue weighted by Gasteiger charge is 2.38. The first-order valence-corrected chi connectivity index (χ1v) is 7.62. The van der Waals surface area contributed by atoms with Gasteiger partial charge in [-0.25, -0.2) is 14.6 Å². The molecule has 0 aromatic carbocycles. The van der Waals surface area contributed by atoms with Crippen LogP contribution in [0.15, 0.2) is 0 Å². The van der Waals surface area contributed by atoms with E-state index in [1.807, 2.05) is 4.57 Å². The van der Waals surface area contributed by atoms with Crippen molar-refractivity contribution < 1.29 is 19.4 Å². The fourth-order valence-corrected chi connectivity index (χ4v) is 2.74. The number of rotatable bonds is 2. The molecular formula is C15H21N3O4. The number of nitrogens with zero attached hydrogens (tertiary/aromatic N) is 3. The van der Waals surface area contributed by atoms with Crippen molar-refractivity contribution >= 4 is 17.9 Å². The first-order valence-electron chi connectivity index (χ1n) is 7.62. The third-order valence-corrected chi connectivity index (χ3v) is 3.75. The summed E-state index contributed by atoms with van der Waals surface area (Å²) >= 11 is 0. The average Bonchev–Trinajstić information content (AvgIpc) is 3.16.